The Labute approximate surface area is 164 Å². The van der Waals surface area contributed by atoms with Crippen molar-refractivity contribution in [3.63, 3.8) is 0 Å². The van der Waals surface area contributed by atoms with Gasteiger partial charge in [0.15, 0.2) is 5.69 Å². The highest BCUT2D eigenvalue weighted by atomic mass is 16.6. The van der Waals surface area contributed by atoms with Crippen LogP contribution in [0.2, 0.25) is 0 Å². The first-order valence-corrected chi connectivity index (χ1v) is 9.33. The van der Waals surface area contributed by atoms with E-state index in [1.807, 2.05) is 51.1 Å². The summed E-state index contributed by atoms with van der Waals surface area (Å²) >= 11 is 0. The first-order valence-electron chi connectivity index (χ1n) is 9.33. The molecule has 3 rings (SSSR count). The molecule has 1 fully saturated rings. The summed E-state index contributed by atoms with van der Waals surface area (Å²) in [4.78, 5) is 14.0. The van der Waals surface area contributed by atoms with Crippen molar-refractivity contribution in [1.29, 1.82) is 5.26 Å². The van der Waals surface area contributed by atoms with Crippen LogP contribution < -0.4 is 4.74 Å². The van der Waals surface area contributed by atoms with Crippen molar-refractivity contribution in [3.8, 4) is 17.7 Å². The van der Waals surface area contributed by atoms with Crippen LogP contribution in [0.5, 0.6) is 11.6 Å². The van der Waals surface area contributed by atoms with Crippen molar-refractivity contribution in [2.45, 2.75) is 45.1 Å². The summed E-state index contributed by atoms with van der Waals surface area (Å²) in [5.74, 6) is 1.41. The molecule has 0 unspecified atom stereocenters. The van der Waals surface area contributed by atoms with E-state index in [2.05, 4.69) is 10.2 Å². The fourth-order valence-corrected chi connectivity index (χ4v) is 3.08. The molecule has 0 N–H and O–H groups in total. The summed E-state index contributed by atoms with van der Waals surface area (Å²) < 4.78 is 11.1. The molecule has 1 saturated heterocycles. The summed E-state index contributed by atoms with van der Waals surface area (Å²) in [6.07, 6.45) is 1.57. The summed E-state index contributed by atoms with van der Waals surface area (Å²) in [6, 6.07) is 13.0. The van der Waals surface area contributed by atoms with Crippen molar-refractivity contribution in [2.24, 2.45) is 0 Å². The van der Waals surface area contributed by atoms with Gasteiger partial charge in [0.25, 0.3) is 0 Å². The molecule has 146 valence electrons. The average Bonchev–Trinajstić information content (AvgIpc) is 2.68. The molecule has 7 heteroatoms. The molecule has 2 heterocycles. The third kappa shape index (κ3) is 5.19. The Morgan fingerprint density at radius 3 is 2.32 bits per heavy atom. The summed E-state index contributed by atoms with van der Waals surface area (Å²) in [5, 5.41) is 16.4. The van der Waals surface area contributed by atoms with Gasteiger partial charge in [0.2, 0.25) is 5.88 Å². The number of hydrogen-bond donors (Lipinski definition) is 0. The summed E-state index contributed by atoms with van der Waals surface area (Å²) in [7, 11) is 0. The number of amides is 1. The molecule has 1 aliphatic rings. The molecule has 0 saturated carbocycles. The quantitative estimate of drug-likeness (QED) is 0.791. The number of aromatic nitrogens is 2. The van der Waals surface area contributed by atoms with Crippen LogP contribution in [0.15, 0.2) is 36.4 Å². The Kier molecular flexibility index (Phi) is 5.78. The summed E-state index contributed by atoms with van der Waals surface area (Å²) in [6.45, 7) is 7.03. The maximum atomic E-state index is 12.2. The number of nitrogens with zero attached hydrogens (tertiary/aromatic N) is 4. The van der Waals surface area contributed by atoms with E-state index in [-0.39, 0.29) is 11.8 Å². The topological polar surface area (TPSA) is 88.3 Å². The second-order valence-corrected chi connectivity index (χ2v) is 7.78. The van der Waals surface area contributed by atoms with Crippen LogP contribution >= 0.6 is 0 Å². The minimum absolute atomic E-state index is 0.238. The van der Waals surface area contributed by atoms with Crippen molar-refractivity contribution in [2.75, 3.05) is 13.1 Å². The molecule has 1 amide bonds. The zero-order valence-corrected chi connectivity index (χ0v) is 16.4. The molecule has 0 bridgehead atoms. The number of nitriles is 1. The van der Waals surface area contributed by atoms with E-state index < -0.39 is 5.60 Å². The van der Waals surface area contributed by atoms with Crippen molar-refractivity contribution < 1.29 is 14.3 Å². The smallest absolute Gasteiger partial charge is 0.410 e. The SMILES string of the molecule is CC(C)(C)OC(=O)N1CCC(c2ccc(Oc3ccc(C#N)nn3)cc2)CC1. The predicted octanol–water partition coefficient (Wildman–Crippen LogP) is 4.26. The van der Waals surface area contributed by atoms with Crippen LogP contribution in [0.25, 0.3) is 0 Å². The molecule has 28 heavy (non-hydrogen) atoms. The lowest BCUT2D eigenvalue weighted by atomic mass is 9.89. The molecular weight excluding hydrogens is 356 g/mol. The van der Waals surface area contributed by atoms with Crippen LogP contribution in [0.3, 0.4) is 0 Å². The van der Waals surface area contributed by atoms with Gasteiger partial charge in [0, 0.05) is 19.2 Å². The molecule has 2 aromatic rings. The zero-order chi connectivity index (χ0) is 20.1. The Hall–Kier alpha value is -3.14. The number of piperidine rings is 1. The van der Waals surface area contributed by atoms with Crippen LogP contribution in [-0.2, 0) is 4.74 Å². The van der Waals surface area contributed by atoms with Gasteiger partial charge in [-0.05, 0) is 63.3 Å². The predicted molar refractivity (Wildman–Crippen MR) is 103 cm³/mol. The van der Waals surface area contributed by atoms with E-state index in [9.17, 15) is 4.79 Å². The lowest BCUT2D eigenvalue weighted by molar-refractivity contribution is 0.0205. The van der Waals surface area contributed by atoms with E-state index in [0.29, 0.717) is 30.6 Å². The number of carbonyl (C=O) groups excluding carboxylic acids is 1. The third-order valence-electron chi connectivity index (χ3n) is 4.48. The molecule has 0 spiro atoms. The number of likely N-dealkylation sites (tertiary alicyclic amines) is 1. The Bertz CT molecular complexity index is 843. The van der Waals surface area contributed by atoms with Crippen molar-refractivity contribution in [3.05, 3.63) is 47.7 Å². The lowest BCUT2D eigenvalue weighted by Crippen LogP contribution is -2.41. The lowest BCUT2D eigenvalue weighted by Gasteiger charge is -2.33. The standard InChI is InChI=1S/C21H24N4O3/c1-21(2,3)28-20(26)25-12-10-16(11-13-25)15-4-7-18(8-5-15)27-19-9-6-17(14-22)23-24-19/h4-9,16H,10-13H2,1-3H3. The van der Waals surface area contributed by atoms with Gasteiger partial charge in [-0.2, -0.15) is 5.26 Å². The van der Waals surface area contributed by atoms with Crippen molar-refractivity contribution in [1.82, 2.24) is 15.1 Å². The Balaban J connectivity index is 1.54. The maximum Gasteiger partial charge on any atom is 0.410 e. The third-order valence-corrected chi connectivity index (χ3v) is 4.48. The second-order valence-electron chi connectivity index (χ2n) is 7.78. The van der Waals surface area contributed by atoms with Gasteiger partial charge in [0.1, 0.15) is 17.4 Å². The second kappa shape index (κ2) is 8.26. The minimum Gasteiger partial charge on any atom is -0.444 e. The highest BCUT2D eigenvalue weighted by Gasteiger charge is 2.27. The first kappa shape index (κ1) is 19.6. The van der Waals surface area contributed by atoms with Crippen LogP contribution in [0.1, 0.15) is 50.8 Å². The molecule has 0 atom stereocenters. The molecule has 1 aromatic carbocycles. The van der Waals surface area contributed by atoms with Crippen LogP contribution in [0, 0.1) is 11.3 Å². The average molecular weight is 380 g/mol. The maximum absolute atomic E-state index is 12.2. The van der Waals surface area contributed by atoms with Crippen molar-refractivity contribution >= 4 is 6.09 Å². The van der Waals surface area contributed by atoms with Gasteiger partial charge < -0.3 is 14.4 Å². The highest BCUT2D eigenvalue weighted by Crippen LogP contribution is 2.30. The van der Waals surface area contributed by atoms with Gasteiger partial charge >= 0.3 is 6.09 Å². The molecule has 1 aliphatic heterocycles. The Morgan fingerprint density at radius 1 is 1.11 bits per heavy atom. The molecular formula is C21H24N4O3. The summed E-state index contributed by atoms with van der Waals surface area (Å²) in [5.41, 5.74) is 1.01. The largest absolute Gasteiger partial charge is 0.444 e. The number of benzene rings is 1. The molecule has 0 aliphatic carbocycles. The Morgan fingerprint density at radius 2 is 1.79 bits per heavy atom. The van der Waals surface area contributed by atoms with Gasteiger partial charge in [-0.1, -0.05) is 12.1 Å². The van der Waals surface area contributed by atoms with E-state index in [4.69, 9.17) is 14.7 Å². The number of hydrogen-bond acceptors (Lipinski definition) is 6. The van der Waals surface area contributed by atoms with Crippen LogP contribution in [-0.4, -0.2) is 39.9 Å². The molecule has 0 radical (unpaired) electrons. The number of carbonyl (C=O) groups is 1. The van der Waals surface area contributed by atoms with E-state index in [0.717, 1.165) is 12.8 Å². The van der Waals surface area contributed by atoms with Crippen LogP contribution in [0.4, 0.5) is 4.79 Å². The first-order chi connectivity index (χ1) is 13.3. The normalized spacial score (nSPS) is 15.0. The van der Waals surface area contributed by atoms with Gasteiger partial charge in [-0.15, -0.1) is 10.2 Å². The van der Waals surface area contributed by atoms with E-state index in [1.165, 1.54) is 5.56 Å². The van der Waals surface area contributed by atoms with Gasteiger partial charge in [0.05, 0.1) is 0 Å². The fourth-order valence-electron chi connectivity index (χ4n) is 3.08. The monoisotopic (exact) mass is 380 g/mol. The minimum atomic E-state index is -0.469. The zero-order valence-electron chi connectivity index (χ0n) is 16.4. The van der Waals surface area contributed by atoms with Gasteiger partial charge in [-0.25, -0.2) is 4.79 Å². The van der Waals surface area contributed by atoms with E-state index in [1.54, 1.807) is 17.0 Å². The fraction of sp³-hybridized carbons (Fsp3) is 0.429. The molecule has 1 aromatic heterocycles. The number of ether oxygens (including phenoxy) is 2. The van der Waals surface area contributed by atoms with Gasteiger partial charge in [-0.3, -0.25) is 0 Å². The number of rotatable bonds is 3. The highest BCUT2D eigenvalue weighted by molar-refractivity contribution is 5.68. The molecule has 7 nitrogen and oxygen atoms in total. The van der Waals surface area contributed by atoms with E-state index >= 15 is 0 Å².